The molecule has 1 aliphatic heterocycles. The summed E-state index contributed by atoms with van der Waals surface area (Å²) in [5, 5.41) is 0. The summed E-state index contributed by atoms with van der Waals surface area (Å²) in [6, 6.07) is 0.586. The molecule has 0 aromatic carbocycles. The minimum atomic E-state index is 0.278. The van der Waals surface area contributed by atoms with E-state index in [-0.39, 0.29) is 5.95 Å². The van der Waals surface area contributed by atoms with E-state index in [0.717, 1.165) is 26.2 Å². The van der Waals surface area contributed by atoms with Crippen molar-refractivity contribution in [2.45, 2.75) is 19.9 Å². The van der Waals surface area contributed by atoms with Crippen LogP contribution in [0.25, 0.3) is 0 Å². The predicted octanol–water partition coefficient (Wildman–Crippen LogP) is 0.0502. The van der Waals surface area contributed by atoms with Gasteiger partial charge in [0.2, 0.25) is 17.8 Å². The van der Waals surface area contributed by atoms with Crippen LogP contribution in [0.15, 0.2) is 0 Å². The zero-order valence-corrected chi connectivity index (χ0v) is 12.2. The first-order valence-electron chi connectivity index (χ1n) is 6.65. The highest BCUT2D eigenvalue weighted by Gasteiger charge is 2.21. The molecule has 7 heteroatoms. The molecule has 0 bridgehead atoms. The summed E-state index contributed by atoms with van der Waals surface area (Å²) in [4.78, 5) is 19.3. The molecule has 19 heavy (non-hydrogen) atoms. The maximum Gasteiger partial charge on any atom is 0.232 e. The first-order valence-corrected chi connectivity index (χ1v) is 6.65. The van der Waals surface area contributed by atoms with Gasteiger partial charge in [0.25, 0.3) is 0 Å². The van der Waals surface area contributed by atoms with Crippen molar-refractivity contribution in [3.63, 3.8) is 0 Å². The van der Waals surface area contributed by atoms with E-state index < -0.39 is 0 Å². The normalized spacial score (nSPS) is 17.0. The summed E-state index contributed by atoms with van der Waals surface area (Å²) in [6.45, 7) is 8.35. The lowest BCUT2D eigenvalue weighted by Crippen LogP contribution is -2.49. The van der Waals surface area contributed by atoms with Crippen LogP contribution in [0.2, 0.25) is 0 Å². The van der Waals surface area contributed by atoms with Crippen LogP contribution in [0.4, 0.5) is 17.8 Å². The van der Waals surface area contributed by atoms with Gasteiger partial charge < -0.3 is 15.5 Å². The third-order valence-electron chi connectivity index (χ3n) is 3.36. The summed E-state index contributed by atoms with van der Waals surface area (Å²) in [5.74, 6) is 1.56. The Hall–Kier alpha value is -1.63. The van der Waals surface area contributed by atoms with Crippen molar-refractivity contribution in [1.82, 2.24) is 19.9 Å². The largest absolute Gasteiger partial charge is 0.368 e. The van der Waals surface area contributed by atoms with Gasteiger partial charge in [-0.05, 0) is 13.8 Å². The van der Waals surface area contributed by atoms with Gasteiger partial charge in [0.1, 0.15) is 0 Å². The number of hydrogen-bond acceptors (Lipinski definition) is 7. The number of anilines is 3. The molecule has 0 atom stereocenters. The van der Waals surface area contributed by atoms with Gasteiger partial charge in [-0.25, -0.2) is 0 Å². The highest BCUT2D eigenvalue weighted by molar-refractivity contribution is 5.43. The smallest absolute Gasteiger partial charge is 0.232 e. The number of nitrogens with zero attached hydrogens (tertiary/aromatic N) is 6. The van der Waals surface area contributed by atoms with Crippen molar-refractivity contribution in [2.24, 2.45) is 0 Å². The Kier molecular flexibility index (Phi) is 4.04. The zero-order valence-electron chi connectivity index (χ0n) is 12.2. The quantitative estimate of drug-likeness (QED) is 0.827. The Morgan fingerprint density at radius 2 is 1.68 bits per heavy atom. The van der Waals surface area contributed by atoms with E-state index in [1.165, 1.54) is 0 Å². The average Bonchev–Trinajstić information content (AvgIpc) is 2.38. The molecule has 2 N–H and O–H groups in total. The van der Waals surface area contributed by atoms with E-state index in [4.69, 9.17) is 5.73 Å². The average molecular weight is 265 g/mol. The van der Waals surface area contributed by atoms with Crippen molar-refractivity contribution < 1.29 is 0 Å². The Balaban J connectivity index is 2.11. The second-order valence-corrected chi connectivity index (χ2v) is 5.30. The van der Waals surface area contributed by atoms with Gasteiger partial charge in [-0.2, -0.15) is 15.0 Å². The lowest BCUT2D eigenvalue weighted by atomic mass is 10.2. The van der Waals surface area contributed by atoms with Crippen molar-refractivity contribution >= 4 is 17.8 Å². The molecule has 1 aromatic rings. The monoisotopic (exact) mass is 265 g/mol. The van der Waals surface area contributed by atoms with Crippen molar-refractivity contribution in [3.05, 3.63) is 0 Å². The van der Waals surface area contributed by atoms with Gasteiger partial charge in [0.15, 0.2) is 0 Å². The van der Waals surface area contributed by atoms with Crippen LogP contribution in [0.1, 0.15) is 13.8 Å². The minimum Gasteiger partial charge on any atom is -0.368 e. The van der Waals surface area contributed by atoms with Gasteiger partial charge in [0, 0.05) is 46.3 Å². The SMILES string of the molecule is CC(C)N1CCN(c2nc(N)nc(N(C)C)n2)CC1. The second kappa shape index (κ2) is 5.56. The topological polar surface area (TPSA) is 74.4 Å². The van der Waals surface area contributed by atoms with Gasteiger partial charge >= 0.3 is 0 Å². The zero-order chi connectivity index (χ0) is 14.0. The molecule has 106 valence electrons. The Bertz CT molecular complexity index is 424. The molecule has 0 spiro atoms. The number of rotatable bonds is 3. The first kappa shape index (κ1) is 13.8. The molecule has 7 nitrogen and oxygen atoms in total. The van der Waals surface area contributed by atoms with Crippen molar-refractivity contribution in [2.75, 3.05) is 55.8 Å². The van der Waals surface area contributed by atoms with Crippen LogP contribution >= 0.6 is 0 Å². The van der Waals surface area contributed by atoms with E-state index >= 15 is 0 Å². The van der Waals surface area contributed by atoms with Gasteiger partial charge in [-0.15, -0.1) is 0 Å². The minimum absolute atomic E-state index is 0.278. The number of nitrogen functional groups attached to an aromatic ring is 1. The molecular weight excluding hydrogens is 242 g/mol. The molecule has 1 fully saturated rings. The fourth-order valence-corrected chi connectivity index (χ4v) is 2.15. The molecule has 1 aliphatic rings. The van der Waals surface area contributed by atoms with Crippen LogP contribution in [-0.4, -0.2) is 66.2 Å². The third-order valence-corrected chi connectivity index (χ3v) is 3.36. The van der Waals surface area contributed by atoms with Gasteiger partial charge in [0.05, 0.1) is 0 Å². The molecule has 2 heterocycles. The molecule has 2 rings (SSSR count). The summed E-state index contributed by atoms with van der Waals surface area (Å²) >= 11 is 0. The molecular formula is C12H23N7. The fraction of sp³-hybridized carbons (Fsp3) is 0.750. The molecule has 0 saturated carbocycles. The van der Waals surface area contributed by atoms with E-state index in [1.807, 2.05) is 19.0 Å². The van der Waals surface area contributed by atoms with Crippen LogP contribution in [0.3, 0.4) is 0 Å². The maximum atomic E-state index is 5.75. The number of piperazine rings is 1. The van der Waals surface area contributed by atoms with E-state index in [9.17, 15) is 0 Å². The number of nitrogens with two attached hydrogens (primary N) is 1. The summed E-state index contributed by atoms with van der Waals surface area (Å²) in [7, 11) is 3.80. The standard InChI is InChI=1S/C12H23N7/c1-9(2)18-5-7-19(8-6-18)12-15-10(13)14-11(16-12)17(3)4/h9H,5-8H2,1-4H3,(H2,13,14,15,16). The highest BCUT2D eigenvalue weighted by Crippen LogP contribution is 2.16. The lowest BCUT2D eigenvalue weighted by Gasteiger charge is -2.37. The Morgan fingerprint density at radius 3 is 2.21 bits per heavy atom. The lowest BCUT2D eigenvalue weighted by molar-refractivity contribution is 0.208. The molecule has 0 radical (unpaired) electrons. The number of hydrogen-bond donors (Lipinski definition) is 1. The summed E-state index contributed by atoms with van der Waals surface area (Å²) < 4.78 is 0. The summed E-state index contributed by atoms with van der Waals surface area (Å²) in [5.41, 5.74) is 5.75. The van der Waals surface area contributed by atoms with Crippen LogP contribution < -0.4 is 15.5 Å². The molecule has 1 saturated heterocycles. The second-order valence-electron chi connectivity index (χ2n) is 5.30. The summed E-state index contributed by atoms with van der Waals surface area (Å²) in [6.07, 6.45) is 0. The van der Waals surface area contributed by atoms with Crippen LogP contribution in [0.5, 0.6) is 0 Å². The molecule has 0 unspecified atom stereocenters. The van der Waals surface area contributed by atoms with Crippen LogP contribution in [0, 0.1) is 0 Å². The van der Waals surface area contributed by atoms with Crippen molar-refractivity contribution in [1.29, 1.82) is 0 Å². The predicted molar refractivity (Wildman–Crippen MR) is 77.5 cm³/mol. The molecule has 0 aliphatic carbocycles. The van der Waals surface area contributed by atoms with Gasteiger partial charge in [-0.3, -0.25) is 4.90 Å². The van der Waals surface area contributed by atoms with Crippen LogP contribution in [-0.2, 0) is 0 Å². The van der Waals surface area contributed by atoms with E-state index in [0.29, 0.717) is 17.9 Å². The highest BCUT2D eigenvalue weighted by atomic mass is 15.4. The first-order chi connectivity index (χ1) is 8.97. The number of aromatic nitrogens is 3. The van der Waals surface area contributed by atoms with E-state index in [2.05, 4.69) is 38.6 Å². The molecule has 0 amide bonds. The Labute approximate surface area is 114 Å². The third kappa shape index (κ3) is 3.23. The van der Waals surface area contributed by atoms with Gasteiger partial charge in [-0.1, -0.05) is 0 Å². The van der Waals surface area contributed by atoms with E-state index in [1.54, 1.807) is 0 Å². The molecule has 1 aromatic heterocycles. The Morgan fingerprint density at radius 1 is 1.05 bits per heavy atom. The maximum absolute atomic E-state index is 5.75. The van der Waals surface area contributed by atoms with Crippen molar-refractivity contribution in [3.8, 4) is 0 Å². The fourth-order valence-electron chi connectivity index (χ4n) is 2.15.